The maximum Gasteiger partial charge on any atom is 0.0829 e. The van der Waals surface area contributed by atoms with Gasteiger partial charge in [-0.2, -0.15) is 0 Å². The van der Waals surface area contributed by atoms with Crippen molar-refractivity contribution in [3.63, 3.8) is 0 Å². The topological polar surface area (TPSA) is 27.7 Å². The molecular weight excluding hydrogens is 262 g/mol. The van der Waals surface area contributed by atoms with E-state index in [1.54, 1.807) is 0 Å². The van der Waals surface area contributed by atoms with Gasteiger partial charge in [0, 0.05) is 32.7 Å². The molecule has 2 aliphatic heterocycles. The zero-order valence-electron chi connectivity index (χ0n) is 14.3. The SMILES string of the molecule is CCN(CC1CCCNC1)CC1CN(CC(C)C)CCO1. The average molecular weight is 297 g/mol. The van der Waals surface area contributed by atoms with Crippen molar-refractivity contribution in [2.24, 2.45) is 11.8 Å². The highest BCUT2D eigenvalue weighted by molar-refractivity contribution is 4.78. The molecule has 2 heterocycles. The second kappa shape index (κ2) is 9.09. The number of hydrogen-bond donors (Lipinski definition) is 1. The second-order valence-electron chi connectivity index (χ2n) is 7.21. The van der Waals surface area contributed by atoms with Crippen molar-refractivity contribution in [3.8, 4) is 0 Å². The van der Waals surface area contributed by atoms with Gasteiger partial charge in [-0.05, 0) is 44.3 Å². The normalized spacial score (nSPS) is 28.4. The number of morpholine rings is 1. The summed E-state index contributed by atoms with van der Waals surface area (Å²) >= 11 is 0. The van der Waals surface area contributed by atoms with Crippen LogP contribution in [0.2, 0.25) is 0 Å². The van der Waals surface area contributed by atoms with Gasteiger partial charge in [-0.1, -0.05) is 20.8 Å². The average Bonchev–Trinajstić information content (AvgIpc) is 2.47. The van der Waals surface area contributed by atoms with Crippen LogP contribution in [0.25, 0.3) is 0 Å². The highest BCUT2D eigenvalue weighted by Crippen LogP contribution is 2.14. The Hall–Kier alpha value is -0.160. The van der Waals surface area contributed by atoms with Crippen molar-refractivity contribution in [1.82, 2.24) is 15.1 Å². The Labute approximate surface area is 131 Å². The van der Waals surface area contributed by atoms with Crippen molar-refractivity contribution in [2.75, 3.05) is 59.0 Å². The van der Waals surface area contributed by atoms with Crippen LogP contribution >= 0.6 is 0 Å². The fourth-order valence-corrected chi connectivity index (χ4v) is 3.64. The van der Waals surface area contributed by atoms with Gasteiger partial charge in [0.2, 0.25) is 0 Å². The van der Waals surface area contributed by atoms with Crippen molar-refractivity contribution >= 4 is 0 Å². The van der Waals surface area contributed by atoms with E-state index in [0.717, 1.165) is 44.6 Å². The van der Waals surface area contributed by atoms with Gasteiger partial charge in [0.25, 0.3) is 0 Å². The van der Waals surface area contributed by atoms with Gasteiger partial charge in [-0.3, -0.25) is 4.90 Å². The summed E-state index contributed by atoms with van der Waals surface area (Å²) in [7, 11) is 0. The van der Waals surface area contributed by atoms with E-state index in [4.69, 9.17) is 4.74 Å². The molecule has 21 heavy (non-hydrogen) atoms. The first-order chi connectivity index (χ1) is 10.2. The minimum Gasteiger partial charge on any atom is -0.374 e. The molecule has 2 saturated heterocycles. The lowest BCUT2D eigenvalue weighted by molar-refractivity contribution is -0.0471. The van der Waals surface area contributed by atoms with Crippen LogP contribution in [0.5, 0.6) is 0 Å². The first kappa shape index (κ1) is 17.2. The number of likely N-dealkylation sites (N-methyl/N-ethyl adjacent to an activating group) is 1. The number of nitrogens with one attached hydrogen (secondary N) is 1. The Bertz CT molecular complexity index is 279. The van der Waals surface area contributed by atoms with Gasteiger partial charge in [0.05, 0.1) is 12.7 Å². The third-order valence-corrected chi connectivity index (χ3v) is 4.67. The molecule has 1 N–H and O–H groups in total. The molecule has 0 aromatic carbocycles. The van der Waals surface area contributed by atoms with Crippen LogP contribution in [0.15, 0.2) is 0 Å². The van der Waals surface area contributed by atoms with Crippen molar-refractivity contribution in [2.45, 2.75) is 39.7 Å². The summed E-state index contributed by atoms with van der Waals surface area (Å²) in [5.74, 6) is 1.58. The van der Waals surface area contributed by atoms with Crippen LogP contribution in [0.1, 0.15) is 33.6 Å². The summed E-state index contributed by atoms with van der Waals surface area (Å²) < 4.78 is 6.01. The molecule has 0 bridgehead atoms. The van der Waals surface area contributed by atoms with Crippen molar-refractivity contribution in [1.29, 1.82) is 0 Å². The molecule has 0 aliphatic carbocycles. The number of piperidine rings is 1. The molecule has 0 spiro atoms. The van der Waals surface area contributed by atoms with E-state index in [2.05, 4.69) is 35.9 Å². The Kier molecular flexibility index (Phi) is 7.44. The molecule has 0 aromatic rings. The molecule has 2 atom stereocenters. The Morgan fingerprint density at radius 3 is 2.86 bits per heavy atom. The Morgan fingerprint density at radius 2 is 2.19 bits per heavy atom. The molecule has 0 radical (unpaired) electrons. The molecule has 2 unspecified atom stereocenters. The minimum absolute atomic E-state index is 0.397. The predicted molar refractivity (Wildman–Crippen MR) is 88.7 cm³/mol. The van der Waals surface area contributed by atoms with E-state index in [1.165, 1.54) is 39.0 Å². The molecule has 0 saturated carbocycles. The number of rotatable bonds is 7. The molecule has 0 aromatic heterocycles. The minimum atomic E-state index is 0.397. The van der Waals surface area contributed by atoms with Crippen molar-refractivity contribution < 1.29 is 4.74 Å². The van der Waals surface area contributed by atoms with Crippen molar-refractivity contribution in [3.05, 3.63) is 0 Å². The lowest BCUT2D eigenvalue weighted by atomic mass is 9.99. The first-order valence-corrected chi connectivity index (χ1v) is 8.94. The second-order valence-corrected chi connectivity index (χ2v) is 7.21. The molecular formula is C17H35N3O. The summed E-state index contributed by atoms with van der Waals surface area (Å²) in [5, 5.41) is 3.53. The van der Waals surface area contributed by atoms with E-state index >= 15 is 0 Å². The lowest BCUT2D eigenvalue weighted by Gasteiger charge is -2.37. The smallest absolute Gasteiger partial charge is 0.0829 e. The maximum atomic E-state index is 6.01. The van der Waals surface area contributed by atoms with Gasteiger partial charge in [0.1, 0.15) is 0 Å². The largest absolute Gasteiger partial charge is 0.374 e. The number of ether oxygens (including phenoxy) is 1. The van der Waals surface area contributed by atoms with E-state index in [-0.39, 0.29) is 0 Å². The van der Waals surface area contributed by atoms with Crippen LogP contribution in [-0.4, -0.2) is 74.9 Å². The molecule has 2 aliphatic rings. The van der Waals surface area contributed by atoms with Gasteiger partial charge in [-0.25, -0.2) is 0 Å². The summed E-state index contributed by atoms with van der Waals surface area (Å²) in [6.45, 7) is 17.1. The summed E-state index contributed by atoms with van der Waals surface area (Å²) in [6.07, 6.45) is 3.12. The lowest BCUT2D eigenvalue weighted by Crippen LogP contribution is -2.49. The first-order valence-electron chi connectivity index (χ1n) is 8.94. The molecule has 4 nitrogen and oxygen atoms in total. The standard InChI is InChI=1S/C17H35N3O/c1-4-19(12-16-6-5-7-18-10-16)13-17-14-20(8-9-21-17)11-15(2)3/h15-18H,4-14H2,1-3H3. The maximum absolute atomic E-state index is 6.01. The Balaban J connectivity index is 1.74. The van der Waals surface area contributed by atoms with Gasteiger partial charge >= 0.3 is 0 Å². The predicted octanol–water partition coefficient (Wildman–Crippen LogP) is 1.66. The zero-order chi connectivity index (χ0) is 15.1. The molecule has 4 heteroatoms. The van der Waals surface area contributed by atoms with Gasteiger partial charge < -0.3 is 15.0 Å². The molecule has 0 amide bonds. The summed E-state index contributed by atoms with van der Waals surface area (Å²) in [4.78, 5) is 5.18. The molecule has 124 valence electrons. The van der Waals surface area contributed by atoms with Crippen LogP contribution < -0.4 is 5.32 Å². The van der Waals surface area contributed by atoms with Crippen LogP contribution in [0, 0.1) is 11.8 Å². The summed E-state index contributed by atoms with van der Waals surface area (Å²) in [5.41, 5.74) is 0. The number of hydrogen-bond acceptors (Lipinski definition) is 4. The quantitative estimate of drug-likeness (QED) is 0.773. The molecule has 2 fully saturated rings. The summed E-state index contributed by atoms with van der Waals surface area (Å²) in [6, 6.07) is 0. The fraction of sp³-hybridized carbons (Fsp3) is 1.00. The third kappa shape index (κ3) is 6.23. The van der Waals surface area contributed by atoms with Crippen LogP contribution in [0.3, 0.4) is 0 Å². The van der Waals surface area contributed by atoms with Crippen LogP contribution in [0.4, 0.5) is 0 Å². The molecule has 2 rings (SSSR count). The van der Waals surface area contributed by atoms with Crippen LogP contribution in [-0.2, 0) is 4.74 Å². The zero-order valence-corrected chi connectivity index (χ0v) is 14.3. The highest BCUT2D eigenvalue weighted by Gasteiger charge is 2.24. The van der Waals surface area contributed by atoms with Gasteiger partial charge in [-0.15, -0.1) is 0 Å². The van der Waals surface area contributed by atoms with E-state index in [9.17, 15) is 0 Å². The third-order valence-electron chi connectivity index (χ3n) is 4.67. The van der Waals surface area contributed by atoms with E-state index in [1.807, 2.05) is 0 Å². The number of nitrogens with zero attached hydrogens (tertiary/aromatic N) is 2. The fourth-order valence-electron chi connectivity index (χ4n) is 3.64. The highest BCUT2D eigenvalue weighted by atomic mass is 16.5. The monoisotopic (exact) mass is 297 g/mol. The van der Waals surface area contributed by atoms with E-state index < -0.39 is 0 Å². The Morgan fingerprint density at radius 1 is 1.33 bits per heavy atom. The van der Waals surface area contributed by atoms with E-state index in [0.29, 0.717) is 6.10 Å². The van der Waals surface area contributed by atoms with Gasteiger partial charge in [0.15, 0.2) is 0 Å².